The highest BCUT2D eigenvalue weighted by Gasteiger charge is 2.30. The van der Waals surface area contributed by atoms with Crippen molar-refractivity contribution in [3.05, 3.63) is 0 Å². The average molecular weight is 1350 g/mol. The standard InChI is InChI=1S/C73H142O17P2/c1-7-9-11-13-15-17-25-30-37-43-49-55-70(75)83-61-68(89-72(77)57-51-45-39-31-26-18-16-14-12-10-8-2)63-87-91(79,80)85-59-67(74)60-86-92(81,82)88-64-69(62-84-71(76)56-50-44-38-34-33-36-42-48-54-66(5)6)90-73(78)58-52-46-40-32-28-24-22-20-19-21-23-27-29-35-41-47-53-65(3)4/h65-69,74H,7-64H2,1-6H3,(H,79,80)(H,81,82)/t67-,68+,69+/m0/s1. The molecule has 546 valence electrons. The summed E-state index contributed by atoms with van der Waals surface area (Å²) in [5.74, 6) is -0.584. The molecule has 0 aromatic carbocycles. The Labute approximate surface area is 562 Å². The van der Waals surface area contributed by atoms with Gasteiger partial charge in [0.1, 0.15) is 19.3 Å². The second-order valence-corrected chi connectivity index (χ2v) is 30.2. The van der Waals surface area contributed by atoms with Gasteiger partial charge in [0.25, 0.3) is 0 Å². The smallest absolute Gasteiger partial charge is 0.462 e. The molecular weight excluding hydrogens is 1210 g/mol. The van der Waals surface area contributed by atoms with Crippen LogP contribution in [-0.2, 0) is 65.4 Å². The van der Waals surface area contributed by atoms with E-state index in [4.69, 9.17) is 37.0 Å². The lowest BCUT2D eigenvalue weighted by atomic mass is 10.0. The summed E-state index contributed by atoms with van der Waals surface area (Å²) < 4.78 is 68.4. The van der Waals surface area contributed by atoms with Gasteiger partial charge >= 0.3 is 39.5 Å². The first-order valence-corrected chi connectivity index (χ1v) is 41.0. The fourth-order valence-electron chi connectivity index (χ4n) is 11.1. The summed E-state index contributed by atoms with van der Waals surface area (Å²) in [6.45, 7) is 9.56. The zero-order chi connectivity index (χ0) is 67.9. The summed E-state index contributed by atoms with van der Waals surface area (Å²) in [5.41, 5.74) is 0. The van der Waals surface area contributed by atoms with Crippen LogP contribution in [-0.4, -0.2) is 96.7 Å². The predicted octanol–water partition coefficient (Wildman–Crippen LogP) is 21.2. The number of ether oxygens (including phenoxy) is 4. The Kier molecular flexibility index (Phi) is 63.7. The van der Waals surface area contributed by atoms with Gasteiger partial charge in [-0.3, -0.25) is 37.3 Å². The Morgan fingerprint density at radius 3 is 0.739 bits per heavy atom. The Morgan fingerprint density at radius 1 is 0.293 bits per heavy atom. The number of rotatable bonds is 72. The Morgan fingerprint density at radius 2 is 0.500 bits per heavy atom. The molecule has 0 fully saturated rings. The molecule has 0 saturated heterocycles. The number of carbonyl (C=O) groups is 4. The number of hydrogen-bond donors (Lipinski definition) is 3. The highest BCUT2D eigenvalue weighted by atomic mass is 31.2. The third-order valence-corrected chi connectivity index (χ3v) is 18.9. The molecular formula is C73H142O17P2. The highest BCUT2D eigenvalue weighted by Crippen LogP contribution is 2.45. The molecule has 0 bridgehead atoms. The molecule has 0 aliphatic heterocycles. The van der Waals surface area contributed by atoms with Gasteiger partial charge in [-0.2, -0.15) is 0 Å². The van der Waals surface area contributed by atoms with E-state index < -0.39 is 97.5 Å². The van der Waals surface area contributed by atoms with E-state index in [1.54, 1.807) is 0 Å². The van der Waals surface area contributed by atoms with Crippen molar-refractivity contribution in [2.45, 2.75) is 394 Å². The van der Waals surface area contributed by atoms with Gasteiger partial charge in [0, 0.05) is 25.7 Å². The average Bonchev–Trinajstić information content (AvgIpc) is 3.16. The first-order chi connectivity index (χ1) is 44.4. The summed E-state index contributed by atoms with van der Waals surface area (Å²) in [7, 11) is -9.90. The van der Waals surface area contributed by atoms with Crippen molar-refractivity contribution in [3.63, 3.8) is 0 Å². The van der Waals surface area contributed by atoms with E-state index in [-0.39, 0.29) is 25.7 Å². The number of aliphatic hydroxyl groups is 1. The second kappa shape index (κ2) is 65.0. The largest absolute Gasteiger partial charge is 0.472 e. The van der Waals surface area contributed by atoms with Crippen LogP contribution < -0.4 is 0 Å². The molecule has 2 unspecified atom stereocenters. The first-order valence-electron chi connectivity index (χ1n) is 38.0. The van der Waals surface area contributed by atoms with Gasteiger partial charge in [0.05, 0.1) is 26.4 Å². The minimum absolute atomic E-state index is 0.107. The molecule has 0 aliphatic carbocycles. The van der Waals surface area contributed by atoms with Gasteiger partial charge in [-0.15, -0.1) is 0 Å². The van der Waals surface area contributed by atoms with Crippen molar-refractivity contribution in [2.75, 3.05) is 39.6 Å². The van der Waals surface area contributed by atoms with Crippen LogP contribution in [0.25, 0.3) is 0 Å². The van der Waals surface area contributed by atoms with E-state index in [2.05, 4.69) is 41.5 Å². The molecule has 0 rings (SSSR count). The molecule has 0 aromatic heterocycles. The Bertz CT molecular complexity index is 1790. The number of hydrogen-bond acceptors (Lipinski definition) is 15. The van der Waals surface area contributed by atoms with Crippen LogP contribution in [0.4, 0.5) is 0 Å². The number of unbranched alkanes of at least 4 members (excludes halogenated alkanes) is 42. The van der Waals surface area contributed by atoms with Crippen LogP contribution >= 0.6 is 15.6 Å². The van der Waals surface area contributed by atoms with Gasteiger partial charge < -0.3 is 33.8 Å². The van der Waals surface area contributed by atoms with Crippen molar-refractivity contribution in [1.82, 2.24) is 0 Å². The molecule has 0 saturated carbocycles. The van der Waals surface area contributed by atoms with Crippen molar-refractivity contribution < 1.29 is 80.2 Å². The fourth-order valence-corrected chi connectivity index (χ4v) is 12.7. The lowest BCUT2D eigenvalue weighted by Gasteiger charge is -2.21. The molecule has 0 amide bonds. The minimum Gasteiger partial charge on any atom is -0.462 e. The normalized spacial score (nSPS) is 14.1. The summed E-state index contributed by atoms with van der Waals surface area (Å²) in [4.78, 5) is 72.6. The Balaban J connectivity index is 5.21. The highest BCUT2D eigenvalue weighted by molar-refractivity contribution is 7.47. The zero-order valence-corrected chi connectivity index (χ0v) is 61.6. The predicted molar refractivity (Wildman–Crippen MR) is 372 cm³/mol. The van der Waals surface area contributed by atoms with Crippen LogP contribution in [0.5, 0.6) is 0 Å². The molecule has 92 heavy (non-hydrogen) atoms. The molecule has 0 spiro atoms. The number of phosphoric ester groups is 2. The minimum atomic E-state index is -4.95. The molecule has 0 aromatic rings. The third-order valence-electron chi connectivity index (χ3n) is 17.0. The molecule has 0 radical (unpaired) electrons. The zero-order valence-electron chi connectivity index (χ0n) is 59.9. The van der Waals surface area contributed by atoms with Crippen molar-refractivity contribution >= 4 is 39.5 Å². The second-order valence-electron chi connectivity index (χ2n) is 27.3. The number of carbonyl (C=O) groups excluding carboxylic acids is 4. The third kappa shape index (κ3) is 66.7. The van der Waals surface area contributed by atoms with Crippen LogP contribution in [0, 0.1) is 11.8 Å². The van der Waals surface area contributed by atoms with E-state index in [0.717, 1.165) is 102 Å². The summed E-state index contributed by atoms with van der Waals surface area (Å²) >= 11 is 0. The lowest BCUT2D eigenvalue weighted by Crippen LogP contribution is -2.30. The van der Waals surface area contributed by atoms with Gasteiger partial charge in [-0.05, 0) is 37.5 Å². The molecule has 0 aliphatic rings. The first kappa shape index (κ1) is 90.1. The number of esters is 4. The monoisotopic (exact) mass is 1350 g/mol. The topological polar surface area (TPSA) is 237 Å². The van der Waals surface area contributed by atoms with Gasteiger partial charge in [-0.1, -0.05) is 324 Å². The van der Waals surface area contributed by atoms with E-state index in [0.29, 0.717) is 25.7 Å². The van der Waals surface area contributed by atoms with Crippen LogP contribution in [0.15, 0.2) is 0 Å². The molecule has 3 N–H and O–H groups in total. The van der Waals surface area contributed by atoms with Gasteiger partial charge in [0.2, 0.25) is 0 Å². The van der Waals surface area contributed by atoms with Crippen LogP contribution in [0.1, 0.15) is 375 Å². The molecule has 19 heteroatoms. The Hall–Kier alpha value is -1.94. The fraction of sp³-hybridized carbons (Fsp3) is 0.945. The van der Waals surface area contributed by atoms with Gasteiger partial charge in [0.15, 0.2) is 12.2 Å². The van der Waals surface area contributed by atoms with Crippen molar-refractivity contribution in [1.29, 1.82) is 0 Å². The van der Waals surface area contributed by atoms with E-state index in [1.165, 1.54) is 193 Å². The van der Waals surface area contributed by atoms with E-state index >= 15 is 0 Å². The molecule has 17 nitrogen and oxygen atoms in total. The maximum Gasteiger partial charge on any atom is 0.472 e. The maximum atomic E-state index is 13.0. The lowest BCUT2D eigenvalue weighted by molar-refractivity contribution is -0.161. The van der Waals surface area contributed by atoms with Crippen LogP contribution in [0.2, 0.25) is 0 Å². The van der Waals surface area contributed by atoms with Crippen molar-refractivity contribution in [2.24, 2.45) is 11.8 Å². The number of aliphatic hydroxyl groups excluding tert-OH is 1. The van der Waals surface area contributed by atoms with Crippen molar-refractivity contribution in [3.8, 4) is 0 Å². The summed E-state index contributed by atoms with van der Waals surface area (Å²) in [6.07, 6.45) is 51.3. The SMILES string of the molecule is CCCCCCCCCCCCCC(=O)OC[C@H](COP(=O)(O)OC[C@H](O)COP(=O)(O)OC[C@@H](COC(=O)CCCCCCCCCCC(C)C)OC(=O)CCCCCCCCCCCCCCCCCCC(C)C)OC(=O)CCCCCCCCCCCCC. The number of phosphoric acid groups is 2. The van der Waals surface area contributed by atoms with E-state index in [9.17, 15) is 43.2 Å². The summed E-state index contributed by atoms with van der Waals surface area (Å²) in [5, 5.41) is 10.6. The summed E-state index contributed by atoms with van der Waals surface area (Å²) in [6, 6.07) is 0. The van der Waals surface area contributed by atoms with E-state index in [1.807, 2.05) is 0 Å². The maximum absolute atomic E-state index is 13.0. The molecule has 5 atom stereocenters. The quantitative estimate of drug-likeness (QED) is 0.0222. The van der Waals surface area contributed by atoms with Crippen LogP contribution in [0.3, 0.4) is 0 Å². The molecule has 0 heterocycles. The van der Waals surface area contributed by atoms with Gasteiger partial charge in [-0.25, -0.2) is 9.13 Å².